The molecule has 0 spiro atoms. The first-order chi connectivity index (χ1) is 9.83. The Morgan fingerprint density at radius 3 is 1.81 bits per heavy atom. The summed E-state index contributed by atoms with van der Waals surface area (Å²) in [5.74, 6) is -0.283. The number of rotatable bonds is 13. The van der Waals surface area contributed by atoms with Crippen LogP contribution in [0.15, 0.2) is 12.2 Å². The molecule has 0 bridgehead atoms. The van der Waals surface area contributed by atoms with Crippen molar-refractivity contribution in [1.82, 2.24) is 0 Å². The molecule has 4 heteroatoms. The summed E-state index contributed by atoms with van der Waals surface area (Å²) in [6, 6.07) is 0.815. The zero-order valence-electron chi connectivity index (χ0n) is 14.2. The summed E-state index contributed by atoms with van der Waals surface area (Å²) in [4.78, 5) is 11.1. The van der Waals surface area contributed by atoms with E-state index in [9.17, 15) is 8.90 Å². The number of carbonyl (C=O) groups excluding carboxylic acids is 1. The lowest BCUT2D eigenvalue weighted by molar-refractivity contribution is -0.139. The summed E-state index contributed by atoms with van der Waals surface area (Å²) in [7, 11) is -2.31. The van der Waals surface area contributed by atoms with Crippen molar-refractivity contribution >= 4 is 14.4 Å². The van der Waals surface area contributed by atoms with Gasteiger partial charge in [0, 0.05) is 5.57 Å². The lowest BCUT2D eigenvalue weighted by Crippen LogP contribution is -2.16. The van der Waals surface area contributed by atoms with Gasteiger partial charge in [-0.05, 0) is 32.5 Å². The van der Waals surface area contributed by atoms with Gasteiger partial charge >= 0.3 is 5.97 Å². The zero-order valence-corrected chi connectivity index (χ0v) is 15.2. The van der Waals surface area contributed by atoms with Gasteiger partial charge in [0.2, 0.25) is 8.41 Å². The normalized spacial score (nSPS) is 11.4. The van der Waals surface area contributed by atoms with E-state index >= 15 is 0 Å². The van der Waals surface area contributed by atoms with E-state index in [2.05, 4.69) is 6.58 Å². The van der Waals surface area contributed by atoms with Crippen LogP contribution in [0.3, 0.4) is 0 Å². The van der Waals surface area contributed by atoms with Crippen molar-refractivity contribution in [3.05, 3.63) is 12.2 Å². The second-order valence-corrected chi connectivity index (χ2v) is 10.5. The van der Waals surface area contributed by atoms with Gasteiger partial charge in [0.15, 0.2) is 0 Å². The van der Waals surface area contributed by atoms with Crippen molar-refractivity contribution in [3.8, 4) is 0 Å². The van der Waals surface area contributed by atoms with E-state index in [1.54, 1.807) is 20.0 Å². The Hall–Kier alpha value is -0.643. The molecule has 0 N–H and O–H groups in total. The highest BCUT2D eigenvalue weighted by molar-refractivity contribution is 6.70. The van der Waals surface area contributed by atoms with E-state index in [0.717, 1.165) is 25.3 Å². The van der Waals surface area contributed by atoms with Crippen LogP contribution in [-0.4, -0.2) is 21.0 Å². The predicted octanol–water partition coefficient (Wildman–Crippen LogP) is 5.79. The summed E-state index contributed by atoms with van der Waals surface area (Å²) < 4.78 is 18.4. The van der Waals surface area contributed by atoms with Gasteiger partial charge in [-0.2, -0.15) is 0 Å². The molecule has 21 heavy (non-hydrogen) atoms. The van der Waals surface area contributed by atoms with E-state index in [1.807, 2.05) is 0 Å². The van der Waals surface area contributed by atoms with Gasteiger partial charge in [-0.1, -0.05) is 57.9 Å². The Balaban J connectivity index is 3.16. The van der Waals surface area contributed by atoms with Crippen molar-refractivity contribution in [2.45, 2.75) is 83.8 Å². The zero-order chi connectivity index (χ0) is 16.1. The Morgan fingerprint density at radius 2 is 1.38 bits per heavy atom. The van der Waals surface area contributed by atoms with Crippen molar-refractivity contribution in [3.63, 3.8) is 0 Å². The monoisotopic (exact) mass is 316 g/mol. The molecule has 0 atom stereocenters. The molecule has 0 aromatic heterocycles. The molecule has 0 amide bonds. The minimum Gasteiger partial charge on any atom is -0.462 e. The molecule has 0 aliphatic carbocycles. The van der Waals surface area contributed by atoms with Crippen LogP contribution >= 0.6 is 0 Å². The summed E-state index contributed by atoms with van der Waals surface area (Å²) in [6.07, 6.45) is 10.5. The highest BCUT2D eigenvalue weighted by Gasteiger charge is 2.18. The third kappa shape index (κ3) is 15.6. The third-order valence-electron chi connectivity index (χ3n) is 3.50. The first kappa shape index (κ1) is 20.4. The van der Waals surface area contributed by atoms with Crippen LogP contribution in [0.5, 0.6) is 0 Å². The fraction of sp³-hybridized carbons (Fsp3) is 0.824. The molecular weight excluding hydrogens is 283 g/mol. The van der Waals surface area contributed by atoms with Gasteiger partial charge in [-0.3, -0.25) is 0 Å². The van der Waals surface area contributed by atoms with E-state index in [-0.39, 0.29) is 5.97 Å². The molecule has 0 heterocycles. The van der Waals surface area contributed by atoms with Crippen molar-refractivity contribution in [2.24, 2.45) is 0 Å². The third-order valence-corrected chi connectivity index (χ3v) is 5.04. The molecule has 0 saturated carbocycles. The number of hydrogen-bond donors (Lipinski definition) is 0. The van der Waals surface area contributed by atoms with Gasteiger partial charge < -0.3 is 8.84 Å². The minimum absolute atomic E-state index is 0.283. The van der Waals surface area contributed by atoms with Crippen LogP contribution in [0, 0.1) is 0 Å². The lowest BCUT2D eigenvalue weighted by Gasteiger charge is -2.09. The summed E-state index contributed by atoms with van der Waals surface area (Å²) >= 11 is 0. The fourth-order valence-corrected chi connectivity index (χ4v) is 3.26. The summed E-state index contributed by atoms with van der Waals surface area (Å²) in [5.41, 5.74) is 0.466. The molecule has 0 radical (unpaired) electrons. The van der Waals surface area contributed by atoms with Gasteiger partial charge in [-0.25, -0.2) is 4.79 Å². The van der Waals surface area contributed by atoms with Gasteiger partial charge in [-0.15, -0.1) is 0 Å². The fourth-order valence-electron chi connectivity index (χ4n) is 2.17. The van der Waals surface area contributed by atoms with Crippen LogP contribution in [0.2, 0.25) is 19.1 Å². The molecule has 124 valence electrons. The molecule has 0 aromatic carbocycles. The molecule has 0 unspecified atom stereocenters. The Bertz CT molecular complexity index is 298. The smallest absolute Gasteiger partial charge is 0.333 e. The van der Waals surface area contributed by atoms with E-state index in [1.165, 1.54) is 38.5 Å². The maximum absolute atomic E-state index is 13.4. The van der Waals surface area contributed by atoms with E-state index in [4.69, 9.17) is 4.74 Å². The Kier molecular flexibility index (Phi) is 11.6. The minimum atomic E-state index is -2.31. The number of ether oxygens (including phenoxy) is 1. The van der Waals surface area contributed by atoms with Gasteiger partial charge in [0.05, 0.1) is 6.61 Å². The average molecular weight is 317 g/mol. The van der Waals surface area contributed by atoms with Gasteiger partial charge in [0.1, 0.15) is 0 Å². The van der Waals surface area contributed by atoms with Crippen LogP contribution in [0.4, 0.5) is 4.11 Å². The first-order valence-electron chi connectivity index (χ1n) is 8.34. The van der Waals surface area contributed by atoms with Crippen molar-refractivity contribution < 1.29 is 13.6 Å². The van der Waals surface area contributed by atoms with Crippen molar-refractivity contribution in [2.75, 3.05) is 6.61 Å². The average Bonchev–Trinajstić information content (AvgIpc) is 2.38. The van der Waals surface area contributed by atoms with E-state index in [0.29, 0.717) is 12.2 Å². The molecule has 0 fully saturated rings. The standard InChI is InChI=1S/C17H33FO2Si/c1-16(2)17(19)20-14-12-10-8-6-5-7-9-11-13-15-21(3,4)18/h1,5-15H2,2-4H3. The van der Waals surface area contributed by atoms with E-state index < -0.39 is 8.41 Å². The Labute approximate surface area is 131 Å². The quantitative estimate of drug-likeness (QED) is 0.141. The number of unbranched alkanes of at least 4 members (excludes halogenated alkanes) is 8. The molecule has 0 saturated heterocycles. The molecule has 0 aliphatic rings. The highest BCUT2D eigenvalue weighted by atomic mass is 28.4. The first-order valence-corrected chi connectivity index (χ1v) is 11.4. The Morgan fingerprint density at radius 1 is 0.952 bits per heavy atom. The topological polar surface area (TPSA) is 26.3 Å². The summed E-state index contributed by atoms with van der Waals surface area (Å²) in [6.45, 7) is 9.30. The molecule has 0 rings (SSSR count). The van der Waals surface area contributed by atoms with Crippen LogP contribution < -0.4 is 0 Å². The second kappa shape index (κ2) is 12.0. The van der Waals surface area contributed by atoms with Gasteiger partial charge in [0.25, 0.3) is 0 Å². The maximum atomic E-state index is 13.4. The largest absolute Gasteiger partial charge is 0.462 e. The number of carbonyl (C=O) groups is 1. The van der Waals surface area contributed by atoms with Crippen LogP contribution in [0.1, 0.15) is 64.7 Å². The van der Waals surface area contributed by atoms with Crippen molar-refractivity contribution in [1.29, 1.82) is 0 Å². The molecule has 0 aliphatic heterocycles. The molecular formula is C17H33FO2Si. The predicted molar refractivity (Wildman–Crippen MR) is 90.7 cm³/mol. The number of hydrogen-bond acceptors (Lipinski definition) is 2. The maximum Gasteiger partial charge on any atom is 0.333 e. The number of halogens is 1. The summed E-state index contributed by atoms with van der Waals surface area (Å²) in [5, 5.41) is 0. The number of esters is 1. The lowest BCUT2D eigenvalue weighted by atomic mass is 10.1. The van der Waals surface area contributed by atoms with Crippen LogP contribution in [-0.2, 0) is 9.53 Å². The SMILES string of the molecule is C=C(C)C(=O)OCCCCCCCCCCC[Si](C)(C)F. The molecule has 0 aromatic rings. The highest BCUT2D eigenvalue weighted by Crippen LogP contribution is 2.17. The molecule has 2 nitrogen and oxygen atoms in total. The second-order valence-electron chi connectivity index (χ2n) is 6.57. The van der Waals surface area contributed by atoms with Crippen LogP contribution in [0.25, 0.3) is 0 Å².